The molecule has 4 nitrogen and oxygen atoms in total. The van der Waals surface area contributed by atoms with Crippen LogP contribution in [-0.2, 0) is 4.79 Å². The maximum atomic E-state index is 12.0. The summed E-state index contributed by atoms with van der Waals surface area (Å²) in [6.07, 6.45) is 4.41. The predicted octanol–water partition coefficient (Wildman–Crippen LogP) is 2.25. The lowest BCUT2D eigenvalue weighted by Crippen LogP contribution is -2.36. The van der Waals surface area contributed by atoms with Gasteiger partial charge in [0.1, 0.15) is 0 Å². The number of thioether (sulfide) groups is 1. The summed E-state index contributed by atoms with van der Waals surface area (Å²) in [5, 5.41) is 3.81. The Bertz CT molecular complexity index is 568. The van der Waals surface area contributed by atoms with Crippen molar-refractivity contribution in [1.82, 2.24) is 4.98 Å². The van der Waals surface area contributed by atoms with E-state index >= 15 is 0 Å². The molecule has 0 fully saturated rings. The molecule has 0 spiro atoms. The lowest BCUT2D eigenvalue weighted by molar-refractivity contribution is -0.117. The van der Waals surface area contributed by atoms with Gasteiger partial charge in [-0.25, -0.2) is 0 Å². The zero-order chi connectivity index (χ0) is 13.7. The Morgan fingerprint density at radius 3 is 3.05 bits per heavy atom. The second-order valence-electron chi connectivity index (χ2n) is 4.25. The molecule has 1 amide bonds. The highest BCUT2D eigenvalue weighted by molar-refractivity contribution is 7.98. The van der Waals surface area contributed by atoms with Crippen LogP contribution in [-0.4, -0.2) is 28.9 Å². The molecule has 3 N–H and O–H groups in total. The summed E-state index contributed by atoms with van der Waals surface area (Å²) in [6, 6.07) is 8.97. The van der Waals surface area contributed by atoms with Gasteiger partial charge in [-0.05, 0) is 42.7 Å². The Morgan fingerprint density at radius 2 is 2.26 bits per heavy atom. The summed E-state index contributed by atoms with van der Waals surface area (Å²) < 4.78 is 0. The number of rotatable bonds is 5. The van der Waals surface area contributed by atoms with Gasteiger partial charge in [0.25, 0.3) is 0 Å². The van der Waals surface area contributed by atoms with Crippen molar-refractivity contribution in [3.05, 3.63) is 36.5 Å². The van der Waals surface area contributed by atoms with Crippen LogP contribution >= 0.6 is 11.8 Å². The van der Waals surface area contributed by atoms with E-state index in [1.54, 1.807) is 18.0 Å². The summed E-state index contributed by atoms with van der Waals surface area (Å²) in [4.78, 5) is 16.3. The van der Waals surface area contributed by atoms with Gasteiger partial charge >= 0.3 is 0 Å². The van der Waals surface area contributed by atoms with Crippen molar-refractivity contribution in [2.24, 2.45) is 5.73 Å². The summed E-state index contributed by atoms with van der Waals surface area (Å²) in [7, 11) is 0. The predicted molar refractivity (Wildman–Crippen MR) is 81.3 cm³/mol. The Morgan fingerprint density at radius 1 is 1.42 bits per heavy atom. The number of nitrogens with one attached hydrogen (secondary N) is 1. The molecule has 0 bridgehead atoms. The molecule has 0 aliphatic rings. The Balaban J connectivity index is 2.15. The Hall–Kier alpha value is -1.59. The van der Waals surface area contributed by atoms with Gasteiger partial charge in [-0.3, -0.25) is 9.78 Å². The first-order valence-corrected chi connectivity index (χ1v) is 7.51. The molecule has 0 aliphatic carbocycles. The van der Waals surface area contributed by atoms with Crippen LogP contribution in [0.2, 0.25) is 0 Å². The number of hydrogen-bond donors (Lipinski definition) is 2. The molecule has 100 valence electrons. The van der Waals surface area contributed by atoms with Crippen molar-refractivity contribution in [2.45, 2.75) is 12.5 Å². The van der Waals surface area contributed by atoms with E-state index in [-0.39, 0.29) is 5.91 Å². The molecular formula is C14H17N3OS. The van der Waals surface area contributed by atoms with Gasteiger partial charge in [0.2, 0.25) is 5.91 Å². The molecule has 1 atom stereocenters. The van der Waals surface area contributed by atoms with E-state index < -0.39 is 6.04 Å². The van der Waals surface area contributed by atoms with Gasteiger partial charge in [-0.15, -0.1) is 0 Å². The second-order valence-corrected chi connectivity index (χ2v) is 5.24. The van der Waals surface area contributed by atoms with Gasteiger partial charge in [-0.1, -0.05) is 6.07 Å². The smallest absolute Gasteiger partial charge is 0.241 e. The number of carbonyl (C=O) groups is 1. The van der Waals surface area contributed by atoms with Crippen molar-refractivity contribution < 1.29 is 4.79 Å². The van der Waals surface area contributed by atoms with Crippen LogP contribution in [0, 0.1) is 0 Å². The van der Waals surface area contributed by atoms with Crippen molar-refractivity contribution >= 4 is 34.3 Å². The van der Waals surface area contributed by atoms with Gasteiger partial charge < -0.3 is 11.1 Å². The first-order valence-electron chi connectivity index (χ1n) is 6.11. The zero-order valence-electron chi connectivity index (χ0n) is 10.8. The van der Waals surface area contributed by atoms with E-state index in [9.17, 15) is 4.79 Å². The molecule has 2 aromatic rings. The normalized spacial score (nSPS) is 12.3. The number of nitrogens with zero attached hydrogens (tertiary/aromatic N) is 1. The van der Waals surface area contributed by atoms with Crippen LogP contribution in [0.3, 0.4) is 0 Å². The fourth-order valence-electron chi connectivity index (χ4n) is 1.81. The molecule has 19 heavy (non-hydrogen) atoms. The fourth-order valence-corrected chi connectivity index (χ4v) is 2.30. The lowest BCUT2D eigenvalue weighted by atomic mass is 10.1. The van der Waals surface area contributed by atoms with E-state index in [0.29, 0.717) is 6.42 Å². The quantitative estimate of drug-likeness (QED) is 0.878. The number of benzene rings is 1. The average Bonchev–Trinajstić information content (AvgIpc) is 2.45. The number of amides is 1. The number of carbonyl (C=O) groups excluding carboxylic acids is 1. The molecule has 1 aromatic carbocycles. The monoisotopic (exact) mass is 275 g/mol. The summed E-state index contributed by atoms with van der Waals surface area (Å²) in [5.74, 6) is 0.733. The van der Waals surface area contributed by atoms with E-state index in [4.69, 9.17) is 5.73 Å². The third-order valence-electron chi connectivity index (χ3n) is 2.87. The zero-order valence-corrected chi connectivity index (χ0v) is 11.6. The highest BCUT2D eigenvalue weighted by Crippen LogP contribution is 2.21. The first-order chi connectivity index (χ1) is 9.22. The molecule has 0 unspecified atom stereocenters. The maximum Gasteiger partial charge on any atom is 0.241 e. The largest absolute Gasteiger partial charge is 0.324 e. The maximum absolute atomic E-state index is 12.0. The lowest BCUT2D eigenvalue weighted by Gasteiger charge is -2.13. The summed E-state index contributed by atoms with van der Waals surface area (Å²) in [6.45, 7) is 0. The van der Waals surface area contributed by atoms with Crippen molar-refractivity contribution in [3.8, 4) is 0 Å². The van der Waals surface area contributed by atoms with Gasteiger partial charge in [0.15, 0.2) is 0 Å². The minimum absolute atomic E-state index is 0.148. The van der Waals surface area contributed by atoms with Gasteiger partial charge in [-0.2, -0.15) is 11.8 Å². The van der Waals surface area contributed by atoms with E-state index in [1.165, 1.54) is 0 Å². The third kappa shape index (κ3) is 3.45. The topological polar surface area (TPSA) is 68.0 Å². The Kier molecular flexibility index (Phi) is 4.76. The number of hydrogen-bond acceptors (Lipinski definition) is 4. The third-order valence-corrected chi connectivity index (χ3v) is 3.52. The molecule has 0 saturated carbocycles. The second kappa shape index (κ2) is 6.54. The van der Waals surface area contributed by atoms with Crippen molar-refractivity contribution in [1.29, 1.82) is 0 Å². The van der Waals surface area contributed by atoms with Crippen molar-refractivity contribution in [3.63, 3.8) is 0 Å². The molecule has 2 rings (SSSR count). The number of pyridine rings is 1. The van der Waals surface area contributed by atoms with Crippen molar-refractivity contribution in [2.75, 3.05) is 17.3 Å². The van der Waals surface area contributed by atoms with Crippen LogP contribution in [0.1, 0.15) is 6.42 Å². The summed E-state index contributed by atoms with van der Waals surface area (Å²) >= 11 is 1.69. The molecular weight excluding hydrogens is 258 g/mol. The number of aromatic nitrogens is 1. The molecule has 5 heteroatoms. The van der Waals surface area contributed by atoms with Gasteiger partial charge in [0, 0.05) is 11.6 Å². The molecule has 1 heterocycles. The van der Waals surface area contributed by atoms with Crippen LogP contribution in [0.15, 0.2) is 36.5 Å². The van der Waals surface area contributed by atoms with Gasteiger partial charge in [0.05, 0.1) is 17.2 Å². The van der Waals surface area contributed by atoms with Crippen LogP contribution < -0.4 is 11.1 Å². The SMILES string of the molecule is CSCC[C@H](N)C(=O)Nc1cccc2ncccc12. The molecule has 0 saturated heterocycles. The average molecular weight is 275 g/mol. The molecule has 1 aromatic heterocycles. The minimum Gasteiger partial charge on any atom is -0.324 e. The molecule has 0 aliphatic heterocycles. The standard InChI is InChI=1S/C14H17N3OS/c1-19-9-7-11(15)14(18)17-13-6-2-5-12-10(13)4-3-8-16-12/h2-6,8,11H,7,9,15H2,1H3,(H,17,18)/t11-/m0/s1. The first kappa shape index (κ1) is 13.8. The van der Waals surface area contributed by atoms with E-state index in [0.717, 1.165) is 22.3 Å². The van der Waals surface area contributed by atoms with E-state index in [2.05, 4.69) is 10.3 Å². The number of fused-ring (bicyclic) bond motifs is 1. The van der Waals surface area contributed by atoms with Crippen LogP contribution in [0.4, 0.5) is 5.69 Å². The molecule has 0 radical (unpaired) electrons. The highest BCUT2D eigenvalue weighted by Gasteiger charge is 2.14. The minimum atomic E-state index is -0.473. The number of nitrogens with two attached hydrogens (primary N) is 1. The van der Waals surface area contributed by atoms with Crippen LogP contribution in [0.5, 0.6) is 0 Å². The number of anilines is 1. The van der Waals surface area contributed by atoms with E-state index in [1.807, 2.05) is 36.6 Å². The summed E-state index contributed by atoms with van der Waals surface area (Å²) in [5.41, 5.74) is 7.47. The fraction of sp³-hybridized carbons (Fsp3) is 0.286. The highest BCUT2D eigenvalue weighted by atomic mass is 32.2. The van der Waals surface area contributed by atoms with Crippen LogP contribution in [0.25, 0.3) is 10.9 Å². The Labute approximate surface area is 116 Å².